The molecule has 0 bridgehead atoms. The van der Waals surface area contributed by atoms with Gasteiger partial charge in [0.15, 0.2) is 0 Å². The molecular formula is C14H30N2. The first-order valence-corrected chi connectivity index (χ1v) is 7.12. The molecule has 1 rings (SSSR count). The van der Waals surface area contributed by atoms with Gasteiger partial charge in [0.1, 0.15) is 0 Å². The Bertz CT molecular complexity index is 174. The highest BCUT2D eigenvalue weighted by molar-refractivity contribution is 4.85. The van der Waals surface area contributed by atoms with Crippen molar-refractivity contribution in [1.82, 2.24) is 10.2 Å². The molecule has 0 aromatic heterocycles. The summed E-state index contributed by atoms with van der Waals surface area (Å²) in [6.07, 6.45) is 8.14. The van der Waals surface area contributed by atoms with Gasteiger partial charge in [-0.15, -0.1) is 0 Å². The SMILES string of the molecule is CCCCCN(C)CC1(CC)CCNCC1. The monoisotopic (exact) mass is 226 g/mol. The van der Waals surface area contributed by atoms with E-state index in [4.69, 9.17) is 0 Å². The number of hydrogen-bond donors (Lipinski definition) is 1. The van der Waals surface area contributed by atoms with Crippen LogP contribution in [0.5, 0.6) is 0 Å². The van der Waals surface area contributed by atoms with Gasteiger partial charge in [0.25, 0.3) is 0 Å². The summed E-state index contributed by atoms with van der Waals surface area (Å²) < 4.78 is 0. The van der Waals surface area contributed by atoms with Crippen LogP contribution in [0.1, 0.15) is 52.4 Å². The minimum atomic E-state index is 0.603. The number of nitrogens with zero attached hydrogens (tertiary/aromatic N) is 1. The van der Waals surface area contributed by atoms with Crippen LogP contribution in [-0.2, 0) is 0 Å². The van der Waals surface area contributed by atoms with Crippen LogP contribution in [-0.4, -0.2) is 38.1 Å². The van der Waals surface area contributed by atoms with Crippen LogP contribution >= 0.6 is 0 Å². The average Bonchev–Trinajstić information content (AvgIpc) is 2.30. The Morgan fingerprint density at radius 1 is 1.12 bits per heavy atom. The highest BCUT2D eigenvalue weighted by atomic mass is 15.1. The molecule has 1 N–H and O–H groups in total. The van der Waals surface area contributed by atoms with Crippen molar-refractivity contribution in [3.63, 3.8) is 0 Å². The van der Waals surface area contributed by atoms with Gasteiger partial charge in [0, 0.05) is 6.54 Å². The average molecular weight is 226 g/mol. The Hall–Kier alpha value is -0.0800. The molecule has 96 valence electrons. The second-order valence-electron chi connectivity index (χ2n) is 5.55. The molecule has 1 fully saturated rings. The Morgan fingerprint density at radius 2 is 1.81 bits per heavy atom. The van der Waals surface area contributed by atoms with Gasteiger partial charge in [-0.05, 0) is 57.8 Å². The molecule has 1 aliphatic heterocycles. The van der Waals surface area contributed by atoms with E-state index in [1.54, 1.807) is 0 Å². The Morgan fingerprint density at radius 3 is 2.38 bits per heavy atom. The summed E-state index contributed by atoms with van der Waals surface area (Å²) in [5.74, 6) is 0. The summed E-state index contributed by atoms with van der Waals surface area (Å²) in [5.41, 5.74) is 0.603. The van der Waals surface area contributed by atoms with Crippen LogP contribution in [0, 0.1) is 5.41 Å². The van der Waals surface area contributed by atoms with Gasteiger partial charge in [0.05, 0.1) is 0 Å². The van der Waals surface area contributed by atoms with Gasteiger partial charge >= 0.3 is 0 Å². The van der Waals surface area contributed by atoms with E-state index in [2.05, 4.69) is 31.1 Å². The number of unbranched alkanes of at least 4 members (excludes halogenated alkanes) is 2. The molecule has 0 saturated carbocycles. The van der Waals surface area contributed by atoms with Crippen molar-refractivity contribution >= 4 is 0 Å². The van der Waals surface area contributed by atoms with Crippen LogP contribution in [0.3, 0.4) is 0 Å². The number of piperidine rings is 1. The van der Waals surface area contributed by atoms with Crippen LogP contribution in [0.2, 0.25) is 0 Å². The van der Waals surface area contributed by atoms with Gasteiger partial charge in [-0.2, -0.15) is 0 Å². The molecule has 2 nitrogen and oxygen atoms in total. The van der Waals surface area contributed by atoms with E-state index in [9.17, 15) is 0 Å². The van der Waals surface area contributed by atoms with Crippen LogP contribution in [0.25, 0.3) is 0 Å². The first-order valence-electron chi connectivity index (χ1n) is 7.12. The van der Waals surface area contributed by atoms with E-state index < -0.39 is 0 Å². The van der Waals surface area contributed by atoms with Crippen molar-refractivity contribution in [1.29, 1.82) is 0 Å². The van der Waals surface area contributed by atoms with Gasteiger partial charge in [-0.25, -0.2) is 0 Å². The fourth-order valence-corrected chi connectivity index (χ4v) is 2.86. The quantitative estimate of drug-likeness (QED) is 0.672. The van der Waals surface area contributed by atoms with E-state index >= 15 is 0 Å². The summed E-state index contributed by atoms with van der Waals surface area (Å²) in [6, 6.07) is 0. The maximum atomic E-state index is 3.48. The lowest BCUT2D eigenvalue weighted by Crippen LogP contribution is -2.43. The lowest BCUT2D eigenvalue weighted by molar-refractivity contribution is 0.122. The predicted molar refractivity (Wildman–Crippen MR) is 71.8 cm³/mol. The molecule has 0 unspecified atom stereocenters. The summed E-state index contributed by atoms with van der Waals surface area (Å²) in [7, 11) is 2.30. The molecule has 0 aliphatic carbocycles. The molecule has 2 heteroatoms. The van der Waals surface area contributed by atoms with Gasteiger partial charge in [-0.1, -0.05) is 26.7 Å². The van der Waals surface area contributed by atoms with Gasteiger partial charge < -0.3 is 10.2 Å². The summed E-state index contributed by atoms with van der Waals surface area (Å²) in [4.78, 5) is 2.56. The minimum absolute atomic E-state index is 0.603. The van der Waals surface area contributed by atoms with Crippen LogP contribution in [0.15, 0.2) is 0 Å². The summed E-state index contributed by atoms with van der Waals surface area (Å²) in [6.45, 7) is 9.66. The van der Waals surface area contributed by atoms with Crippen molar-refractivity contribution in [2.24, 2.45) is 5.41 Å². The lowest BCUT2D eigenvalue weighted by Gasteiger charge is -2.40. The molecule has 1 aliphatic rings. The second-order valence-corrected chi connectivity index (χ2v) is 5.55. The van der Waals surface area contributed by atoms with Crippen molar-refractivity contribution in [2.45, 2.75) is 52.4 Å². The largest absolute Gasteiger partial charge is 0.317 e. The molecule has 0 spiro atoms. The van der Waals surface area contributed by atoms with Crippen molar-refractivity contribution in [3.8, 4) is 0 Å². The van der Waals surface area contributed by atoms with Crippen molar-refractivity contribution in [3.05, 3.63) is 0 Å². The summed E-state index contributed by atoms with van der Waals surface area (Å²) in [5, 5.41) is 3.48. The molecular weight excluding hydrogens is 196 g/mol. The smallest absolute Gasteiger partial charge is 0.00358 e. The van der Waals surface area contributed by atoms with E-state index in [0.717, 1.165) is 0 Å². The molecule has 0 aromatic carbocycles. The fourth-order valence-electron chi connectivity index (χ4n) is 2.86. The van der Waals surface area contributed by atoms with E-state index in [0.29, 0.717) is 5.41 Å². The van der Waals surface area contributed by atoms with Gasteiger partial charge in [0.2, 0.25) is 0 Å². The normalized spacial score (nSPS) is 20.2. The number of rotatable bonds is 7. The van der Waals surface area contributed by atoms with E-state index in [1.165, 1.54) is 64.7 Å². The number of hydrogen-bond acceptors (Lipinski definition) is 2. The maximum absolute atomic E-state index is 3.48. The molecule has 16 heavy (non-hydrogen) atoms. The first kappa shape index (κ1) is 14.0. The molecule has 0 radical (unpaired) electrons. The van der Waals surface area contributed by atoms with E-state index in [-0.39, 0.29) is 0 Å². The van der Waals surface area contributed by atoms with Crippen LogP contribution in [0.4, 0.5) is 0 Å². The third-order valence-corrected chi connectivity index (χ3v) is 4.16. The highest BCUT2D eigenvalue weighted by Crippen LogP contribution is 2.33. The van der Waals surface area contributed by atoms with Crippen molar-refractivity contribution < 1.29 is 0 Å². The molecule has 0 atom stereocenters. The zero-order valence-electron chi connectivity index (χ0n) is 11.5. The molecule has 1 heterocycles. The Labute approximate surface area is 102 Å². The van der Waals surface area contributed by atoms with Gasteiger partial charge in [-0.3, -0.25) is 0 Å². The number of nitrogens with one attached hydrogen (secondary N) is 1. The molecule has 0 amide bonds. The van der Waals surface area contributed by atoms with E-state index in [1.807, 2.05) is 0 Å². The maximum Gasteiger partial charge on any atom is 0.00358 e. The minimum Gasteiger partial charge on any atom is -0.317 e. The zero-order valence-corrected chi connectivity index (χ0v) is 11.5. The van der Waals surface area contributed by atoms with Crippen molar-refractivity contribution in [2.75, 3.05) is 33.2 Å². The summed E-state index contributed by atoms with van der Waals surface area (Å²) >= 11 is 0. The Balaban J connectivity index is 2.30. The molecule has 1 saturated heterocycles. The first-order chi connectivity index (χ1) is 7.72. The standard InChI is InChI=1S/C14H30N2/c1-4-6-7-12-16(3)13-14(5-2)8-10-15-11-9-14/h15H,4-13H2,1-3H3. The Kier molecular flexibility index (Phi) is 6.37. The second kappa shape index (κ2) is 7.29. The lowest BCUT2D eigenvalue weighted by atomic mass is 9.76. The van der Waals surface area contributed by atoms with Crippen LogP contribution < -0.4 is 5.32 Å². The molecule has 0 aromatic rings. The highest BCUT2D eigenvalue weighted by Gasteiger charge is 2.30. The zero-order chi connectivity index (χ0) is 11.9. The topological polar surface area (TPSA) is 15.3 Å². The third-order valence-electron chi connectivity index (χ3n) is 4.16. The fraction of sp³-hybridized carbons (Fsp3) is 1.00. The predicted octanol–water partition coefficient (Wildman–Crippen LogP) is 2.89. The third kappa shape index (κ3) is 4.42.